The molecule has 1 aliphatic rings. The highest BCUT2D eigenvalue weighted by Crippen LogP contribution is 2.03. The fourth-order valence-corrected chi connectivity index (χ4v) is 2.67. The number of hydrogen-bond donors (Lipinski definition) is 1. The van der Waals surface area contributed by atoms with E-state index in [-0.39, 0.29) is 18.9 Å². The molecule has 0 bridgehead atoms. The fourth-order valence-electron chi connectivity index (χ4n) is 2.67. The van der Waals surface area contributed by atoms with E-state index in [4.69, 9.17) is 39.6 Å². The maximum Gasteiger partial charge on any atom is 0.253 e. The quantitative estimate of drug-likeness (QED) is 0.0935. The van der Waals surface area contributed by atoms with Gasteiger partial charge >= 0.3 is 0 Å². The van der Waals surface area contributed by atoms with E-state index >= 15 is 0 Å². The Hall–Kier alpha value is -2.37. The number of nitrogens with one attached hydrogen (secondary N) is 1. The molecule has 1 heterocycles. The highest BCUT2D eigenvalue weighted by Gasteiger charge is 2.23. The Kier molecular flexibility index (Phi) is 20.3. The zero-order chi connectivity index (χ0) is 26.1. The first-order valence-electron chi connectivity index (χ1n) is 11.9. The molecule has 12 heteroatoms. The minimum atomic E-state index is -0.394. The van der Waals surface area contributed by atoms with Crippen LogP contribution in [0.25, 0.3) is 0 Å². The lowest BCUT2D eigenvalue weighted by Gasteiger charge is -2.13. The molecule has 0 aromatic carbocycles. The maximum atomic E-state index is 11.7. The molecule has 36 heavy (non-hydrogen) atoms. The van der Waals surface area contributed by atoms with Crippen molar-refractivity contribution in [1.82, 2.24) is 10.2 Å². The number of amides is 3. The molecule has 0 aromatic heterocycles. The number of ether oxygens (including phenoxy) is 7. The molecule has 0 spiro atoms. The van der Waals surface area contributed by atoms with Gasteiger partial charge in [0.05, 0.1) is 85.9 Å². The van der Waals surface area contributed by atoms with Gasteiger partial charge in [-0.05, 0) is 0 Å². The van der Waals surface area contributed by atoms with Crippen LogP contribution in [-0.2, 0) is 47.5 Å². The van der Waals surface area contributed by atoms with Gasteiger partial charge in [0.15, 0.2) is 0 Å². The number of imide groups is 1. The SMILES string of the molecule is C#CCOCCOCCOCCOCCOCCOCCOCCNC(=O)CCN1C(=O)C=CC1=O. The van der Waals surface area contributed by atoms with Crippen LogP contribution in [0.3, 0.4) is 0 Å². The molecule has 0 aromatic rings. The number of nitrogens with zero attached hydrogens (tertiary/aromatic N) is 1. The van der Waals surface area contributed by atoms with Crippen molar-refractivity contribution in [3.8, 4) is 12.3 Å². The van der Waals surface area contributed by atoms with E-state index in [1.165, 1.54) is 12.2 Å². The van der Waals surface area contributed by atoms with E-state index in [0.717, 1.165) is 4.90 Å². The van der Waals surface area contributed by atoms with Gasteiger partial charge < -0.3 is 38.5 Å². The molecule has 0 saturated heterocycles. The molecule has 0 radical (unpaired) electrons. The van der Waals surface area contributed by atoms with Crippen molar-refractivity contribution in [2.24, 2.45) is 0 Å². The average Bonchev–Trinajstić information content (AvgIpc) is 3.20. The highest BCUT2D eigenvalue weighted by atomic mass is 16.6. The fraction of sp³-hybridized carbons (Fsp3) is 0.708. The van der Waals surface area contributed by atoms with Crippen molar-refractivity contribution in [3.63, 3.8) is 0 Å². The van der Waals surface area contributed by atoms with Crippen molar-refractivity contribution >= 4 is 17.7 Å². The van der Waals surface area contributed by atoms with Gasteiger partial charge in [0.25, 0.3) is 11.8 Å². The van der Waals surface area contributed by atoms with Crippen LogP contribution in [0.1, 0.15) is 6.42 Å². The van der Waals surface area contributed by atoms with Gasteiger partial charge in [-0.1, -0.05) is 5.92 Å². The summed E-state index contributed by atoms with van der Waals surface area (Å²) in [7, 11) is 0. The van der Waals surface area contributed by atoms with E-state index in [2.05, 4.69) is 11.2 Å². The monoisotopic (exact) mass is 514 g/mol. The second-order valence-corrected chi connectivity index (χ2v) is 7.19. The van der Waals surface area contributed by atoms with Gasteiger partial charge in [-0.15, -0.1) is 6.42 Å². The standard InChI is InChI=1S/C24H38N2O10/c1-2-8-30-10-12-32-14-16-34-18-20-36-21-19-35-17-15-33-13-11-31-9-6-25-22(27)5-7-26-23(28)3-4-24(26)29/h1,3-4H,5-21H2,(H,25,27). The smallest absolute Gasteiger partial charge is 0.253 e. The minimum absolute atomic E-state index is 0.0576. The Morgan fingerprint density at radius 2 is 1.08 bits per heavy atom. The lowest BCUT2D eigenvalue weighted by atomic mass is 10.3. The highest BCUT2D eigenvalue weighted by molar-refractivity contribution is 6.13. The third-order valence-electron chi connectivity index (χ3n) is 4.45. The van der Waals surface area contributed by atoms with Crippen LogP contribution < -0.4 is 5.32 Å². The van der Waals surface area contributed by atoms with Crippen molar-refractivity contribution < 1.29 is 47.5 Å². The van der Waals surface area contributed by atoms with Gasteiger partial charge in [-0.25, -0.2) is 0 Å². The molecule has 0 saturated carbocycles. The third-order valence-corrected chi connectivity index (χ3v) is 4.45. The predicted octanol–water partition coefficient (Wildman–Crippen LogP) is -0.833. The van der Waals surface area contributed by atoms with Crippen molar-refractivity contribution in [2.45, 2.75) is 6.42 Å². The first-order chi connectivity index (χ1) is 17.6. The maximum absolute atomic E-state index is 11.7. The number of terminal acetylenes is 1. The molecule has 0 fully saturated rings. The summed E-state index contributed by atoms with van der Waals surface area (Å²) in [6, 6.07) is 0. The average molecular weight is 515 g/mol. The third kappa shape index (κ3) is 18.0. The van der Waals surface area contributed by atoms with Crippen molar-refractivity contribution in [3.05, 3.63) is 12.2 Å². The number of rotatable bonds is 25. The van der Waals surface area contributed by atoms with Gasteiger partial charge in [0, 0.05) is 31.7 Å². The normalized spacial score (nSPS) is 12.9. The van der Waals surface area contributed by atoms with E-state index in [0.29, 0.717) is 99.0 Å². The summed E-state index contributed by atoms with van der Waals surface area (Å²) in [5, 5.41) is 2.67. The lowest BCUT2D eigenvalue weighted by Crippen LogP contribution is -2.35. The van der Waals surface area contributed by atoms with Crippen LogP contribution in [0.5, 0.6) is 0 Å². The zero-order valence-corrected chi connectivity index (χ0v) is 20.8. The van der Waals surface area contributed by atoms with E-state index < -0.39 is 11.8 Å². The Morgan fingerprint density at radius 1 is 0.694 bits per heavy atom. The summed E-state index contributed by atoms with van der Waals surface area (Å²) in [5.41, 5.74) is 0. The first-order valence-corrected chi connectivity index (χ1v) is 11.9. The van der Waals surface area contributed by atoms with Gasteiger partial charge in [0.2, 0.25) is 5.91 Å². The van der Waals surface area contributed by atoms with Gasteiger partial charge in [0.1, 0.15) is 6.61 Å². The molecule has 204 valence electrons. The van der Waals surface area contributed by atoms with Crippen molar-refractivity contribution in [1.29, 1.82) is 0 Å². The molecule has 1 rings (SSSR count). The minimum Gasteiger partial charge on any atom is -0.377 e. The van der Waals surface area contributed by atoms with E-state index in [9.17, 15) is 14.4 Å². The summed E-state index contributed by atoms with van der Waals surface area (Å²) in [6.07, 6.45) is 7.50. The number of hydrogen-bond acceptors (Lipinski definition) is 10. The van der Waals surface area contributed by atoms with E-state index in [1.54, 1.807) is 0 Å². The summed E-state index contributed by atoms with van der Waals surface area (Å²) in [4.78, 5) is 35.5. The zero-order valence-electron chi connectivity index (χ0n) is 20.8. The summed E-state index contributed by atoms with van der Waals surface area (Å²) < 4.78 is 37.3. The molecule has 0 atom stereocenters. The second-order valence-electron chi connectivity index (χ2n) is 7.19. The Labute approximate surface area is 212 Å². The van der Waals surface area contributed by atoms with Gasteiger partial charge in [-0.3, -0.25) is 19.3 Å². The lowest BCUT2D eigenvalue weighted by molar-refractivity contribution is -0.137. The Balaban J connectivity index is 1.71. The largest absolute Gasteiger partial charge is 0.377 e. The van der Waals surface area contributed by atoms with Crippen LogP contribution >= 0.6 is 0 Å². The summed E-state index contributed by atoms with van der Waals surface area (Å²) >= 11 is 0. The molecular formula is C24H38N2O10. The molecule has 0 unspecified atom stereocenters. The molecule has 1 aliphatic heterocycles. The number of carbonyl (C=O) groups excluding carboxylic acids is 3. The molecular weight excluding hydrogens is 476 g/mol. The molecule has 12 nitrogen and oxygen atoms in total. The van der Waals surface area contributed by atoms with Crippen LogP contribution in [0.2, 0.25) is 0 Å². The topological polar surface area (TPSA) is 131 Å². The summed E-state index contributed by atoms with van der Waals surface area (Å²) in [6.45, 7) is 6.62. The van der Waals surface area contributed by atoms with Crippen LogP contribution in [-0.4, -0.2) is 128 Å². The van der Waals surface area contributed by atoms with Crippen LogP contribution in [0.15, 0.2) is 12.2 Å². The summed E-state index contributed by atoms with van der Waals surface area (Å²) in [5.74, 6) is 1.34. The van der Waals surface area contributed by atoms with Gasteiger partial charge in [-0.2, -0.15) is 0 Å². The first kappa shape index (κ1) is 31.7. The predicted molar refractivity (Wildman–Crippen MR) is 128 cm³/mol. The van der Waals surface area contributed by atoms with Crippen LogP contribution in [0.4, 0.5) is 0 Å². The van der Waals surface area contributed by atoms with E-state index in [1.807, 2.05) is 0 Å². The Bertz CT molecular complexity index is 662. The Morgan fingerprint density at radius 3 is 1.50 bits per heavy atom. The second kappa shape index (κ2) is 23.1. The number of carbonyl (C=O) groups is 3. The van der Waals surface area contributed by atoms with Crippen molar-refractivity contribution in [2.75, 3.05) is 106 Å². The molecule has 0 aliphatic carbocycles. The molecule has 3 amide bonds. The van der Waals surface area contributed by atoms with Crippen LogP contribution in [0, 0.1) is 12.3 Å². The molecule has 1 N–H and O–H groups in total.